The van der Waals surface area contributed by atoms with Crippen molar-refractivity contribution in [2.45, 2.75) is 97.3 Å². The second kappa shape index (κ2) is 9.91. The maximum absolute atomic E-state index is 12.1. The lowest BCUT2D eigenvalue weighted by atomic mass is 9.87. The molecule has 1 aliphatic heterocycles. The summed E-state index contributed by atoms with van der Waals surface area (Å²) in [7, 11) is -2.29. The summed E-state index contributed by atoms with van der Waals surface area (Å²) < 4.78 is 5.33. The minimum absolute atomic E-state index is 0.0964. The van der Waals surface area contributed by atoms with Crippen LogP contribution < -0.4 is 4.90 Å². The molecule has 1 aromatic carbocycles. The molecular weight excluding hydrogens is 402 g/mol. The molecule has 0 unspecified atom stereocenters. The zero-order valence-corrected chi connectivity index (χ0v) is 22.0. The molecule has 0 amide bonds. The Morgan fingerprint density at radius 2 is 1.90 bits per heavy atom. The number of ether oxygens (including phenoxy) is 1. The Morgan fingerprint density at radius 3 is 2.52 bits per heavy atom. The monoisotopic (exact) mass is 445 g/mol. The van der Waals surface area contributed by atoms with Crippen molar-refractivity contribution in [1.82, 2.24) is 0 Å². The van der Waals surface area contributed by atoms with E-state index in [1.54, 1.807) is 0 Å². The Morgan fingerprint density at radius 1 is 1.23 bits per heavy atom. The van der Waals surface area contributed by atoms with Crippen LogP contribution in [0.3, 0.4) is 0 Å². The number of esters is 1. The minimum Gasteiger partial charge on any atom is -0.466 e. The summed E-state index contributed by atoms with van der Waals surface area (Å²) in [5.41, 5.74) is 4.91. The number of hydrogen-bond acceptors (Lipinski definition) is 4. The number of anilines is 1. The van der Waals surface area contributed by atoms with Crippen LogP contribution >= 0.6 is 0 Å². The van der Waals surface area contributed by atoms with Crippen LogP contribution in [0.2, 0.25) is 18.1 Å². The fraction of sp³-hybridized carbons (Fsp3) is 0.654. The van der Waals surface area contributed by atoms with Crippen molar-refractivity contribution in [3.05, 3.63) is 35.4 Å². The zero-order valence-electron chi connectivity index (χ0n) is 21.0. The molecule has 4 nitrogen and oxygen atoms in total. The van der Waals surface area contributed by atoms with Crippen LogP contribution in [-0.2, 0) is 16.0 Å². The van der Waals surface area contributed by atoms with Gasteiger partial charge in [0.2, 0.25) is 0 Å². The first-order chi connectivity index (χ1) is 14.3. The summed E-state index contributed by atoms with van der Waals surface area (Å²) in [4.78, 5) is 25.2. The summed E-state index contributed by atoms with van der Waals surface area (Å²) in [6.45, 7) is 18.5. The average Bonchev–Trinajstić information content (AvgIpc) is 2.62. The van der Waals surface area contributed by atoms with E-state index in [1.807, 2.05) is 13.1 Å². The van der Waals surface area contributed by atoms with E-state index in [9.17, 15) is 9.59 Å². The van der Waals surface area contributed by atoms with E-state index in [4.69, 9.17) is 4.74 Å². The highest BCUT2D eigenvalue weighted by molar-refractivity contribution is 6.72. The van der Waals surface area contributed by atoms with E-state index < -0.39 is 8.32 Å². The van der Waals surface area contributed by atoms with Gasteiger partial charge in [0, 0.05) is 24.2 Å². The SMILES string of the molecule is CCCCOC(=O)CCCN1c2cc(CC(C)(C)[Si](C)(C)O)ccc2C(C)=CC1(C)C. The molecule has 0 saturated heterocycles. The number of rotatable bonds is 10. The van der Waals surface area contributed by atoms with Gasteiger partial charge in [0.25, 0.3) is 0 Å². The van der Waals surface area contributed by atoms with E-state index in [0.29, 0.717) is 13.0 Å². The molecule has 1 heterocycles. The smallest absolute Gasteiger partial charge is 0.305 e. The number of fused-ring (bicyclic) bond motifs is 1. The van der Waals surface area contributed by atoms with Gasteiger partial charge in [-0.05, 0) is 75.4 Å². The number of nitrogens with zero attached hydrogens (tertiary/aromatic N) is 1. The van der Waals surface area contributed by atoms with Gasteiger partial charge >= 0.3 is 5.97 Å². The molecule has 0 aromatic heterocycles. The first-order valence-corrected chi connectivity index (χ1v) is 14.7. The summed E-state index contributed by atoms with van der Waals surface area (Å²) in [5.74, 6) is -0.0964. The van der Waals surface area contributed by atoms with Crippen LogP contribution in [0.5, 0.6) is 0 Å². The Balaban J connectivity index is 2.21. The Hall–Kier alpha value is -1.59. The van der Waals surface area contributed by atoms with Gasteiger partial charge in [0.15, 0.2) is 8.32 Å². The second-order valence-corrected chi connectivity index (χ2v) is 15.3. The van der Waals surface area contributed by atoms with Gasteiger partial charge in [-0.3, -0.25) is 4.79 Å². The fourth-order valence-corrected chi connectivity index (χ4v) is 4.80. The van der Waals surface area contributed by atoms with Crippen LogP contribution in [0.4, 0.5) is 5.69 Å². The maximum atomic E-state index is 12.1. The Bertz CT molecular complexity index is 805. The van der Waals surface area contributed by atoms with Gasteiger partial charge in [-0.1, -0.05) is 45.4 Å². The third-order valence-electron chi connectivity index (χ3n) is 6.87. The third kappa shape index (κ3) is 6.45. The minimum atomic E-state index is -2.29. The molecule has 0 saturated carbocycles. The summed E-state index contributed by atoms with van der Waals surface area (Å²) in [5, 5.41) is -0.108. The fourth-order valence-electron chi connectivity index (χ4n) is 4.16. The molecule has 0 spiro atoms. The third-order valence-corrected chi connectivity index (χ3v) is 10.4. The number of carbonyl (C=O) groups is 1. The van der Waals surface area contributed by atoms with Crippen LogP contribution in [0.15, 0.2) is 24.3 Å². The lowest BCUT2D eigenvalue weighted by molar-refractivity contribution is -0.143. The van der Waals surface area contributed by atoms with Crippen molar-refractivity contribution in [1.29, 1.82) is 0 Å². The highest BCUT2D eigenvalue weighted by Crippen LogP contribution is 2.43. The standard InChI is InChI=1S/C26H43NO3Si/c1-9-10-16-30-24(28)12-11-15-27-23-17-21(19-26(5,6)31(7,8)29)13-14-22(23)20(2)18-25(27,3)4/h13-14,17-18,29H,9-12,15-16,19H2,1-8H3. The normalized spacial score (nSPS) is 16.0. The Labute approximate surface area is 190 Å². The number of carbonyl (C=O) groups excluding carboxylic acids is 1. The highest BCUT2D eigenvalue weighted by Gasteiger charge is 2.38. The van der Waals surface area contributed by atoms with Gasteiger partial charge in [0.05, 0.1) is 12.1 Å². The van der Waals surface area contributed by atoms with Crippen molar-refractivity contribution in [3.63, 3.8) is 0 Å². The predicted octanol–water partition coefficient (Wildman–Crippen LogP) is 6.33. The zero-order chi connectivity index (χ0) is 23.4. The lowest BCUT2D eigenvalue weighted by Gasteiger charge is -2.44. The first-order valence-electron chi connectivity index (χ1n) is 11.8. The molecule has 0 bridgehead atoms. The number of hydrogen-bond donors (Lipinski definition) is 1. The molecule has 0 aliphatic carbocycles. The quantitative estimate of drug-likeness (QED) is 0.260. The number of benzene rings is 1. The van der Waals surface area contributed by atoms with Gasteiger partial charge in [0.1, 0.15) is 0 Å². The van der Waals surface area contributed by atoms with Crippen molar-refractivity contribution < 1.29 is 14.3 Å². The lowest BCUT2D eigenvalue weighted by Crippen LogP contribution is -2.46. The number of unbranched alkanes of at least 4 members (excludes halogenated alkanes) is 1. The average molecular weight is 446 g/mol. The summed E-state index contributed by atoms with van der Waals surface area (Å²) in [6, 6.07) is 6.73. The maximum Gasteiger partial charge on any atom is 0.305 e. The predicted molar refractivity (Wildman–Crippen MR) is 134 cm³/mol. The first kappa shape index (κ1) is 25.7. The molecule has 0 fully saturated rings. The second-order valence-electron chi connectivity index (χ2n) is 10.8. The summed E-state index contributed by atoms with van der Waals surface area (Å²) >= 11 is 0. The van der Waals surface area contributed by atoms with Gasteiger partial charge in [-0.25, -0.2) is 0 Å². The Kier molecular flexibility index (Phi) is 8.20. The molecule has 5 heteroatoms. The molecule has 31 heavy (non-hydrogen) atoms. The number of allylic oxidation sites excluding steroid dienone is 1. The van der Waals surface area contributed by atoms with Crippen LogP contribution in [0, 0.1) is 0 Å². The van der Waals surface area contributed by atoms with Crippen molar-refractivity contribution in [2.75, 3.05) is 18.1 Å². The van der Waals surface area contributed by atoms with E-state index in [1.165, 1.54) is 22.4 Å². The molecule has 1 N–H and O–H groups in total. The van der Waals surface area contributed by atoms with Crippen LogP contribution in [-0.4, -0.2) is 37.8 Å². The molecule has 2 rings (SSSR count). The molecule has 0 radical (unpaired) electrons. The largest absolute Gasteiger partial charge is 0.466 e. The molecule has 1 aromatic rings. The van der Waals surface area contributed by atoms with E-state index in [2.05, 4.69) is 70.7 Å². The van der Waals surface area contributed by atoms with Crippen LogP contribution in [0.25, 0.3) is 5.57 Å². The topological polar surface area (TPSA) is 49.8 Å². The van der Waals surface area contributed by atoms with Gasteiger partial charge < -0.3 is 14.4 Å². The van der Waals surface area contributed by atoms with E-state index >= 15 is 0 Å². The van der Waals surface area contributed by atoms with E-state index in [0.717, 1.165) is 32.2 Å². The van der Waals surface area contributed by atoms with Crippen molar-refractivity contribution >= 4 is 25.5 Å². The molecule has 1 aliphatic rings. The van der Waals surface area contributed by atoms with Gasteiger partial charge in [-0.15, -0.1) is 0 Å². The molecule has 174 valence electrons. The van der Waals surface area contributed by atoms with Crippen LogP contribution in [0.1, 0.15) is 78.4 Å². The molecule has 0 atom stereocenters. The van der Waals surface area contributed by atoms with E-state index in [-0.39, 0.29) is 16.5 Å². The molecular formula is C26H43NO3Si. The van der Waals surface area contributed by atoms with Gasteiger partial charge in [-0.2, -0.15) is 0 Å². The van der Waals surface area contributed by atoms with Crippen molar-refractivity contribution in [2.24, 2.45) is 0 Å². The highest BCUT2D eigenvalue weighted by atomic mass is 28.4. The summed E-state index contributed by atoms with van der Waals surface area (Å²) in [6.07, 6.45) is 6.36. The van der Waals surface area contributed by atoms with Crippen molar-refractivity contribution in [3.8, 4) is 0 Å².